The highest BCUT2D eigenvalue weighted by atomic mass is 16.5. The van der Waals surface area contributed by atoms with E-state index in [1.807, 2.05) is 38.1 Å². The van der Waals surface area contributed by atoms with Crippen LogP contribution in [0.2, 0.25) is 0 Å². The van der Waals surface area contributed by atoms with Crippen LogP contribution in [0.1, 0.15) is 35.7 Å². The van der Waals surface area contributed by atoms with Crippen molar-refractivity contribution in [2.75, 3.05) is 13.2 Å². The summed E-state index contributed by atoms with van der Waals surface area (Å²) in [7, 11) is 0. The molecule has 0 saturated carbocycles. The number of nitrogens with zero attached hydrogens (tertiary/aromatic N) is 3. The molecule has 0 radical (unpaired) electrons. The number of H-pyrrole nitrogens is 1. The van der Waals surface area contributed by atoms with Crippen LogP contribution in [0.3, 0.4) is 0 Å². The number of aromatic nitrogens is 4. The lowest BCUT2D eigenvalue weighted by Crippen LogP contribution is -2.32. The van der Waals surface area contributed by atoms with Gasteiger partial charge in [-0.3, -0.25) is 9.55 Å². The van der Waals surface area contributed by atoms with Crippen molar-refractivity contribution in [3.63, 3.8) is 0 Å². The molecule has 0 bridgehead atoms. The maximum Gasteiger partial charge on any atom is 0.327 e. The van der Waals surface area contributed by atoms with Crippen molar-refractivity contribution in [2.24, 2.45) is 0 Å². The third-order valence-electron chi connectivity index (χ3n) is 5.66. The third-order valence-corrected chi connectivity index (χ3v) is 5.66. The molecule has 4 heterocycles. The van der Waals surface area contributed by atoms with E-state index in [0.29, 0.717) is 18.9 Å². The van der Waals surface area contributed by atoms with E-state index in [1.54, 1.807) is 10.8 Å². The van der Waals surface area contributed by atoms with Gasteiger partial charge in [-0.05, 0) is 38.6 Å². The van der Waals surface area contributed by atoms with Gasteiger partial charge in [-0.2, -0.15) is 0 Å². The molecule has 0 aliphatic carbocycles. The summed E-state index contributed by atoms with van der Waals surface area (Å²) in [6.45, 7) is 7.66. The summed E-state index contributed by atoms with van der Waals surface area (Å²) in [4.78, 5) is 20.5. The highest BCUT2D eigenvalue weighted by Gasteiger charge is 2.31. The monoisotopic (exact) mass is 405 g/mol. The lowest BCUT2D eigenvalue weighted by molar-refractivity contribution is 0.256. The number of aromatic amines is 1. The predicted molar refractivity (Wildman–Crippen MR) is 113 cm³/mol. The molecule has 1 aliphatic rings. The summed E-state index contributed by atoms with van der Waals surface area (Å²) in [5.41, 5.74) is 5.81. The minimum atomic E-state index is -0.263. The average molecular weight is 405 g/mol. The smallest absolute Gasteiger partial charge is 0.327 e. The molecule has 30 heavy (non-hydrogen) atoms. The Morgan fingerprint density at radius 3 is 2.93 bits per heavy atom. The van der Waals surface area contributed by atoms with Crippen LogP contribution in [0.25, 0.3) is 22.2 Å². The second-order valence-electron chi connectivity index (χ2n) is 7.48. The molecule has 4 aromatic rings. The predicted octanol–water partition coefficient (Wildman–Crippen LogP) is 3.09. The Morgan fingerprint density at radius 1 is 1.30 bits per heavy atom. The Bertz CT molecular complexity index is 1280. The van der Waals surface area contributed by atoms with E-state index in [-0.39, 0.29) is 11.7 Å². The van der Waals surface area contributed by atoms with Crippen LogP contribution >= 0.6 is 0 Å². The van der Waals surface area contributed by atoms with Crippen molar-refractivity contribution in [1.29, 1.82) is 0 Å². The van der Waals surface area contributed by atoms with E-state index < -0.39 is 0 Å². The first kappa shape index (κ1) is 18.6. The maximum absolute atomic E-state index is 13.0. The Hall–Kier alpha value is -3.39. The van der Waals surface area contributed by atoms with Crippen molar-refractivity contribution in [2.45, 2.75) is 33.4 Å². The summed E-state index contributed by atoms with van der Waals surface area (Å²) in [5, 5.41) is 7.39. The van der Waals surface area contributed by atoms with Crippen molar-refractivity contribution in [3.05, 3.63) is 63.7 Å². The normalized spacial score (nSPS) is 15.5. The van der Waals surface area contributed by atoms with Gasteiger partial charge < -0.3 is 19.6 Å². The van der Waals surface area contributed by atoms with Crippen LogP contribution in [0.5, 0.6) is 5.75 Å². The zero-order valence-electron chi connectivity index (χ0n) is 17.2. The fourth-order valence-electron chi connectivity index (χ4n) is 4.31. The van der Waals surface area contributed by atoms with Crippen molar-refractivity contribution >= 4 is 11.0 Å². The van der Waals surface area contributed by atoms with Gasteiger partial charge in [-0.15, -0.1) is 0 Å². The fraction of sp³-hybridized carbons (Fsp3) is 0.318. The average Bonchev–Trinajstić information content (AvgIpc) is 3.27. The third kappa shape index (κ3) is 2.75. The second-order valence-corrected chi connectivity index (χ2v) is 7.48. The zero-order valence-corrected chi connectivity index (χ0v) is 17.2. The number of hydrogen-bond acceptors (Lipinski definition) is 6. The van der Waals surface area contributed by atoms with Gasteiger partial charge in [0.05, 0.1) is 28.5 Å². The van der Waals surface area contributed by atoms with Crippen LogP contribution in [-0.4, -0.2) is 32.8 Å². The van der Waals surface area contributed by atoms with Crippen molar-refractivity contribution < 1.29 is 9.26 Å². The van der Waals surface area contributed by atoms with Crippen LogP contribution < -0.4 is 15.7 Å². The molecule has 0 amide bonds. The number of pyridine rings is 1. The van der Waals surface area contributed by atoms with Gasteiger partial charge in [0.25, 0.3) is 0 Å². The highest BCUT2D eigenvalue weighted by Crippen LogP contribution is 2.43. The van der Waals surface area contributed by atoms with E-state index in [9.17, 15) is 4.79 Å². The van der Waals surface area contributed by atoms with Gasteiger partial charge in [0.1, 0.15) is 17.9 Å². The van der Waals surface area contributed by atoms with Gasteiger partial charge in [0, 0.05) is 23.9 Å². The minimum Gasteiger partial charge on any atom is -0.488 e. The van der Waals surface area contributed by atoms with E-state index in [1.165, 1.54) is 0 Å². The summed E-state index contributed by atoms with van der Waals surface area (Å²) >= 11 is 0. The zero-order chi connectivity index (χ0) is 20.8. The molecule has 5 rings (SSSR count). The molecule has 154 valence electrons. The Balaban J connectivity index is 1.72. The topological polar surface area (TPSA) is 98.0 Å². The minimum absolute atomic E-state index is 0.159. The molecule has 0 saturated heterocycles. The van der Waals surface area contributed by atoms with E-state index in [0.717, 1.165) is 51.4 Å². The Morgan fingerprint density at radius 2 is 2.17 bits per heavy atom. The van der Waals surface area contributed by atoms with Crippen LogP contribution in [0, 0.1) is 13.8 Å². The second kappa shape index (κ2) is 7.14. The van der Waals surface area contributed by atoms with Gasteiger partial charge >= 0.3 is 5.69 Å². The lowest BCUT2D eigenvalue weighted by atomic mass is 9.99. The van der Waals surface area contributed by atoms with Crippen LogP contribution in [-0.2, 0) is 6.54 Å². The van der Waals surface area contributed by atoms with Gasteiger partial charge in [-0.1, -0.05) is 18.1 Å². The quantitative estimate of drug-likeness (QED) is 0.530. The number of ether oxygens (including phenoxy) is 1. The highest BCUT2D eigenvalue weighted by molar-refractivity contribution is 5.92. The molecule has 3 aromatic heterocycles. The number of rotatable bonds is 5. The maximum atomic E-state index is 13.0. The van der Waals surface area contributed by atoms with Crippen molar-refractivity contribution in [1.82, 2.24) is 25.0 Å². The van der Waals surface area contributed by atoms with Gasteiger partial charge in [-0.25, -0.2) is 4.79 Å². The number of benzene rings is 1. The lowest BCUT2D eigenvalue weighted by Gasteiger charge is -2.28. The van der Waals surface area contributed by atoms with Crippen LogP contribution in [0.15, 0.2) is 39.8 Å². The molecule has 8 nitrogen and oxygen atoms in total. The molecular formula is C22H23N5O3. The molecule has 0 spiro atoms. The number of hydrogen-bond donors (Lipinski definition) is 2. The van der Waals surface area contributed by atoms with E-state index in [4.69, 9.17) is 9.26 Å². The first-order valence-electron chi connectivity index (χ1n) is 10.1. The summed E-state index contributed by atoms with van der Waals surface area (Å²) < 4.78 is 13.5. The summed E-state index contributed by atoms with van der Waals surface area (Å²) in [6.07, 6.45) is 1.78. The molecule has 1 aliphatic heterocycles. The molecule has 8 heteroatoms. The number of imidazole rings is 1. The van der Waals surface area contributed by atoms with Gasteiger partial charge in [0.2, 0.25) is 0 Å². The molecule has 1 atom stereocenters. The summed E-state index contributed by atoms with van der Waals surface area (Å²) in [5.74, 6) is 1.40. The molecular weight excluding hydrogens is 382 g/mol. The Kier molecular flexibility index (Phi) is 4.43. The first-order chi connectivity index (χ1) is 14.6. The van der Waals surface area contributed by atoms with Crippen molar-refractivity contribution in [3.8, 4) is 16.9 Å². The number of aryl methyl sites for hydroxylation is 2. The summed E-state index contributed by atoms with van der Waals surface area (Å²) in [6, 6.07) is 7.51. The molecule has 1 aromatic carbocycles. The molecule has 2 N–H and O–H groups in total. The largest absolute Gasteiger partial charge is 0.488 e. The standard InChI is InChI=1S/C22H23N5O3/c1-4-23-10-17-14(6-5-9-24-17)18-11-29-21-15(19-12(2)26-30-13(19)3)7-8-16-20(21)27(18)22(28)25-16/h5-9,18,23H,4,10-11H2,1-3H3,(H,25,28). The first-order valence-corrected chi connectivity index (χ1v) is 10.1. The molecule has 0 fully saturated rings. The van der Waals surface area contributed by atoms with E-state index >= 15 is 0 Å². The SMILES string of the molecule is CCNCc1ncccc1C1COc2c(-c3c(C)noc3C)ccc3[nH]c(=O)n1c23. The van der Waals surface area contributed by atoms with Gasteiger partial charge in [0.15, 0.2) is 5.75 Å². The number of nitrogens with one attached hydrogen (secondary N) is 2. The van der Waals surface area contributed by atoms with E-state index in [2.05, 4.69) is 27.4 Å². The van der Waals surface area contributed by atoms with Crippen LogP contribution in [0.4, 0.5) is 0 Å². The molecule has 1 unspecified atom stereocenters. The Labute approximate surface area is 172 Å². The fourth-order valence-corrected chi connectivity index (χ4v) is 4.31.